The SMILES string of the molecule is CCC(=O)COCCCCCOCCCCCNC(=O)CC(C)C. The van der Waals surface area contributed by atoms with Gasteiger partial charge in [0.15, 0.2) is 5.78 Å². The lowest BCUT2D eigenvalue weighted by Gasteiger charge is -2.07. The minimum Gasteiger partial charge on any atom is -0.381 e. The maximum atomic E-state index is 11.4. The molecule has 0 aromatic heterocycles. The molecule has 1 amide bonds. The van der Waals surface area contributed by atoms with Gasteiger partial charge in [-0.1, -0.05) is 20.8 Å². The second-order valence-electron chi connectivity index (χ2n) is 6.63. The Morgan fingerprint density at radius 3 is 2.04 bits per heavy atom. The summed E-state index contributed by atoms with van der Waals surface area (Å²) in [4.78, 5) is 22.5. The van der Waals surface area contributed by atoms with Gasteiger partial charge in [-0.25, -0.2) is 0 Å². The van der Waals surface area contributed by atoms with E-state index in [2.05, 4.69) is 19.2 Å². The Kier molecular flexibility index (Phi) is 16.2. The average molecular weight is 344 g/mol. The maximum absolute atomic E-state index is 11.4. The van der Waals surface area contributed by atoms with E-state index in [9.17, 15) is 9.59 Å². The Hall–Kier alpha value is -0.940. The first-order valence-electron chi connectivity index (χ1n) is 9.50. The van der Waals surface area contributed by atoms with Crippen molar-refractivity contribution in [2.45, 2.75) is 72.1 Å². The number of Topliss-reactive ketones (excluding diaryl/α,β-unsaturated/α-hetero) is 1. The van der Waals surface area contributed by atoms with Crippen molar-refractivity contribution < 1.29 is 19.1 Å². The van der Waals surface area contributed by atoms with Crippen molar-refractivity contribution in [1.82, 2.24) is 5.32 Å². The molecule has 0 saturated carbocycles. The number of rotatable bonds is 17. The van der Waals surface area contributed by atoms with Gasteiger partial charge >= 0.3 is 0 Å². The highest BCUT2D eigenvalue weighted by Crippen LogP contribution is 2.01. The summed E-state index contributed by atoms with van der Waals surface area (Å²) in [6.45, 7) is 9.23. The predicted octanol–water partition coefficient (Wildman–Crippen LogP) is 3.50. The number of hydrogen-bond donors (Lipinski definition) is 1. The smallest absolute Gasteiger partial charge is 0.220 e. The van der Waals surface area contributed by atoms with Crippen LogP contribution in [0.3, 0.4) is 0 Å². The molecule has 5 nitrogen and oxygen atoms in total. The van der Waals surface area contributed by atoms with Gasteiger partial charge in [0.05, 0.1) is 0 Å². The third kappa shape index (κ3) is 17.4. The number of ketones is 1. The van der Waals surface area contributed by atoms with Crippen LogP contribution in [-0.2, 0) is 19.1 Å². The summed E-state index contributed by atoms with van der Waals surface area (Å²) in [5.41, 5.74) is 0. The number of hydrogen-bond acceptors (Lipinski definition) is 4. The molecule has 0 aliphatic rings. The van der Waals surface area contributed by atoms with Crippen LogP contribution >= 0.6 is 0 Å². The molecule has 5 heteroatoms. The molecule has 0 spiro atoms. The van der Waals surface area contributed by atoms with E-state index in [4.69, 9.17) is 9.47 Å². The monoisotopic (exact) mass is 343 g/mol. The number of nitrogens with one attached hydrogen (secondary N) is 1. The molecule has 0 aromatic rings. The Balaban J connectivity index is 3.13. The second kappa shape index (κ2) is 16.9. The van der Waals surface area contributed by atoms with E-state index in [-0.39, 0.29) is 18.3 Å². The van der Waals surface area contributed by atoms with Gasteiger partial charge in [-0.2, -0.15) is 0 Å². The van der Waals surface area contributed by atoms with Crippen LogP contribution in [-0.4, -0.2) is 44.7 Å². The quantitative estimate of drug-likeness (QED) is 0.411. The van der Waals surface area contributed by atoms with E-state index in [0.29, 0.717) is 25.4 Å². The summed E-state index contributed by atoms with van der Waals surface area (Å²) >= 11 is 0. The van der Waals surface area contributed by atoms with Crippen LogP contribution in [0.5, 0.6) is 0 Å². The van der Waals surface area contributed by atoms with Crippen molar-refractivity contribution in [2.24, 2.45) is 5.92 Å². The number of amides is 1. The van der Waals surface area contributed by atoms with Crippen LogP contribution in [0.1, 0.15) is 72.1 Å². The molecule has 0 aromatic carbocycles. The standard InChI is InChI=1S/C19H37NO4/c1-4-18(21)16-24-14-10-6-9-13-23-12-8-5-7-11-20-19(22)15-17(2)3/h17H,4-16H2,1-3H3,(H,20,22). The summed E-state index contributed by atoms with van der Waals surface area (Å²) in [6, 6.07) is 0. The zero-order valence-electron chi connectivity index (χ0n) is 15.9. The Labute approximate surface area is 147 Å². The Morgan fingerprint density at radius 2 is 1.46 bits per heavy atom. The van der Waals surface area contributed by atoms with Gasteiger partial charge in [0.2, 0.25) is 5.91 Å². The first-order valence-corrected chi connectivity index (χ1v) is 9.50. The molecule has 0 unspecified atom stereocenters. The van der Waals surface area contributed by atoms with Gasteiger partial charge in [0, 0.05) is 39.2 Å². The van der Waals surface area contributed by atoms with E-state index in [1.54, 1.807) is 0 Å². The first kappa shape index (κ1) is 23.1. The van der Waals surface area contributed by atoms with Gasteiger partial charge in [-0.15, -0.1) is 0 Å². The molecule has 1 N–H and O–H groups in total. The summed E-state index contributed by atoms with van der Waals surface area (Å²) in [5, 5.41) is 2.95. The van der Waals surface area contributed by atoms with Gasteiger partial charge in [0.25, 0.3) is 0 Å². The fraction of sp³-hybridized carbons (Fsp3) is 0.895. The maximum Gasteiger partial charge on any atom is 0.220 e. The van der Waals surface area contributed by atoms with Gasteiger partial charge in [-0.05, 0) is 44.4 Å². The van der Waals surface area contributed by atoms with Crippen LogP contribution in [0.25, 0.3) is 0 Å². The average Bonchev–Trinajstić information content (AvgIpc) is 2.54. The molecule has 0 fully saturated rings. The molecule has 0 aliphatic heterocycles. The van der Waals surface area contributed by atoms with Crippen molar-refractivity contribution in [1.29, 1.82) is 0 Å². The lowest BCUT2D eigenvalue weighted by Crippen LogP contribution is -2.25. The molecule has 0 saturated heterocycles. The molecule has 0 bridgehead atoms. The van der Waals surface area contributed by atoms with Crippen molar-refractivity contribution in [3.05, 3.63) is 0 Å². The Morgan fingerprint density at radius 1 is 0.875 bits per heavy atom. The zero-order valence-corrected chi connectivity index (χ0v) is 15.9. The molecular formula is C19H37NO4. The van der Waals surface area contributed by atoms with Crippen LogP contribution in [0.2, 0.25) is 0 Å². The third-order valence-electron chi connectivity index (χ3n) is 3.62. The zero-order chi connectivity index (χ0) is 18.0. The van der Waals surface area contributed by atoms with Crippen LogP contribution in [0.4, 0.5) is 0 Å². The van der Waals surface area contributed by atoms with Crippen LogP contribution in [0, 0.1) is 5.92 Å². The second-order valence-corrected chi connectivity index (χ2v) is 6.63. The molecule has 0 rings (SSSR count). The van der Waals surface area contributed by atoms with Gasteiger partial charge in [0.1, 0.15) is 6.61 Å². The van der Waals surface area contributed by atoms with Crippen molar-refractivity contribution in [2.75, 3.05) is 33.0 Å². The van der Waals surface area contributed by atoms with E-state index in [0.717, 1.165) is 58.3 Å². The summed E-state index contributed by atoms with van der Waals surface area (Å²) in [7, 11) is 0. The van der Waals surface area contributed by atoms with Crippen molar-refractivity contribution >= 4 is 11.7 Å². The van der Waals surface area contributed by atoms with E-state index >= 15 is 0 Å². The van der Waals surface area contributed by atoms with Crippen molar-refractivity contribution in [3.8, 4) is 0 Å². The molecule has 24 heavy (non-hydrogen) atoms. The van der Waals surface area contributed by atoms with Gasteiger partial charge in [-0.3, -0.25) is 9.59 Å². The minimum atomic E-state index is 0.157. The molecule has 0 aliphatic carbocycles. The van der Waals surface area contributed by atoms with Gasteiger partial charge < -0.3 is 14.8 Å². The normalized spacial score (nSPS) is 11.0. The van der Waals surface area contributed by atoms with Crippen molar-refractivity contribution in [3.63, 3.8) is 0 Å². The molecule has 142 valence electrons. The Bertz CT molecular complexity index is 318. The number of carbonyl (C=O) groups is 2. The molecular weight excluding hydrogens is 306 g/mol. The number of unbranched alkanes of at least 4 members (excludes halogenated alkanes) is 4. The lowest BCUT2D eigenvalue weighted by atomic mass is 10.1. The van der Waals surface area contributed by atoms with E-state index in [1.165, 1.54) is 0 Å². The molecule has 0 heterocycles. The summed E-state index contributed by atoms with van der Waals surface area (Å²) < 4.78 is 10.9. The minimum absolute atomic E-state index is 0.157. The molecule has 0 atom stereocenters. The fourth-order valence-electron chi connectivity index (χ4n) is 2.15. The topological polar surface area (TPSA) is 64.6 Å². The number of ether oxygens (including phenoxy) is 2. The highest BCUT2D eigenvalue weighted by molar-refractivity contribution is 5.79. The van der Waals surface area contributed by atoms with E-state index < -0.39 is 0 Å². The lowest BCUT2D eigenvalue weighted by molar-refractivity contribution is -0.123. The fourth-order valence-corrected chi connectivity index (χ4v) is 2.15. The number of carbonyl (C=O) groups excluding carboxylic acids is 2. The largest absolute Gasteiger partial charge is 0.381 e. The van der Waals surface area contributed by atoms with E-state index in [1.807, 2.05) is 6.92 Å². The third-order valence-corrected chi connectivity index (χ3v) is 3.62. The summed E-state index contributed by atoms with van der Waals surface area (Å²) in [6.07, 6.45) is 7.40. The first-order chi connectivity index (χ1) is 11.6. The predicted molar refractivity (Wildman–Crippen MR) is 97.1 cm³/mol. The summed E-state index contributed by atoms with van der Waals surface area (Å²) in [5.74, 6) is 0.742. The molecule has 0 radical (unpaired) electrons. The van der Waals surface area contributed by atoms with Crippen LogP contribution in [0.15, 0.2) is 0 Å². The highest BCUT2D eigenvalue weighted by Gasteiger charge is 2.03. The van der Waals surface area contributed by atoms with Crippen LogP contribution < -0.4 is 5.32 Å². The highest BCUT2D eigenvalue weighted by atomic mass is 16.5.